The number of piperidine rings is 1. The Morgan fingerprint density at radius 3 is 2.56 bits per heavy atom. The van der Waals surface area contributed by atoms with Crippen molar-refractivity contribution >= 4 is 11.9 Å². The van der Waals surface area contributed by atoms with Crippen molar-refractivity contribution in [3.63, 3.8) is 0 Å². The van der Waals surface area contributed by atoms with E-state index < -0.39 is 11.6 Å². The summed E-state index contributed by atoms with van der Waals surface area (Å²) in [5, 5.41) is 0. The summed E-state index contributed by atoms with van der Waals surface area (Å²) in [6.07, 6.45) is 7.49. The molecule has 1 aromatic heterocycles. The fourth-order valence-corrected chi connectivity index (χ4v) is 4.08. The lowest BCUT2D eigenvalue weighted by atomic mass is 9.87. The van der Waals surface area contributed by atoms with Gasteiger partial charge in [0.25, 0.3) is 0 Å². The summed E-state index contributed by atoms with van der Waals surface area (Å²) in [5.41, 5.74) is 7.29. The maximum atomic E-state index is 13.9. The van der Waals surface area contributed by atoms with Gasteiger partial charge in [0.2, 0.25) is 0 Å². The van der Waals surface area contributed by atoms with Crippen molar-refractivity contribution in [3.05, 3.63) is 53.6 Å². The third-order valence-corrected chi connectivity index (χ3v) is 5.70. The summed E-state index contributed by atoms with van der Waals surface area (Å²) >= 11 is 1.65. The molecule has 1 atom stereocenters. The van der Waals surface area contributed by atoms with Gasteiger partial charge >= 0.3 is 0 Å². The molecule has 0 aliphatic carbocycles. The molecule has 7 heteroatoms. The zero-order chi connectivity index (χ0) is 17.8. The van der Waals surface area contributed by atoms with Crippen LogP contribution in [0.3, 0.4) is 0 Å². The van der Waals surface area contributed by atoms with Crippen LogP contribution >= 0.6 is 11.9 Å². The Morgan fingerprint density at radius 2 is 1.88 bits per heavy atom. The molecule has 1 aromatic carbocycles. The molecular formula is C18H22F2N4S. The predicted molar refractivity (Wildman–Crippen MR) is 95.0 cm³/mol. The quantitative estimate of drug-likeness (QED) is 0.825. The number of aromatic nitrogens is 2. The lowest BCUT2D eigenvalue weighted by molar-refractivity contribution is 0.255. The van der Waals surface area contributed by atoms with Crippen LogP contribution in [0.4, 0.5) is 8.78 Å². The molecule has 1 saturated heterocycles. The van der Waals surface area contributed by atoms with Gasteiger partial charge in [0.1, 0.15) is 18.0 Å². The molecule has 25 heavy (non-hydrogen) atoms. The van der Waals surface area contributed by atoms with Crippen molar-refractivity contribution in [2.24, 2.45) is 11.7 Å². The van der Waals surface area contributed by atoms with Gasteiger partial charge < -0.3 is 5.73 Å². The van der Waals surface area contributed by atoms with Crippen LogP contribution in [0.15, 0.2) is 35.7 Å². The maximum absolute atomic E-state index is 13.9. The molecule has 0 unspecified atom stereocenters. The molecule has 3 rings (SSSR count). The van der Waals surface area contributed by atoms with Gasteiger partial charge in [-0.3, -0.25) is 0 Å². The van der Waals surface area contributed by atoms with Crippen molar-refractivity contribution in [1.29, 1.82) is 0 Å². The van der Waals surface area contributed by atoms with Gasteiger partial charge in [-0.05, 0) is 55.2 Å². The molecule has 2 N–H and O–H groups in total. The normalized spacial score (nSPS) is 17.6. The van der Waals surface area contributed by atoms with Crippen LogP contribution in [0.1, 0.15) is 24.0 Å². The van der Waals surface area contributed by atoms with E-state index in [4.69, 9.17) is 5.73 Å². The number of nitrogens with two attached hydrogens (primary N) is 1. The monoisotopic (exact) mass is 364 g/mol. The number of hydrogen-bond acceptors (Lipinski definition) is 5. The number of nitrogens with zero attached hydrogens (tertiary/aromatic N) is 3. The zero-order valence-electron chi connectivity index (χ0n) is 14.2. The molecule has 0 bridgehead atoms. The first-order valence-corrected chi connectivity index (χ1v) is 9.18. The summed E-state index contributed by atoms with van der Waals surface area (Å²) < 4.78 is 29.6. The Balaban J connectivity index is 1.53. The van der Waals surface area contributed by atoms with Gasteiger partial charge in [-0.2, -0.15) is 0 Å². The van der Waals surface area contributed by atoms with Crippen molar-refractivity contribution in [3.8, 4) is 0 Å². The van der Waals surface area contributed by atoms with Crippen LogP contribution in [0, 0.1) is 24.5 Å². The third-order valence-electron chi connectivity index (χ3n) is 4.66. The average Bonchev–Trinajstić information content (AvgIpc) is 2.61. The summed E-state index contributed by atoms with van der Waals surface area (Å²) in [7, 11) is 0. The first kappa shape index (κ1) is 18.2. The van der Waals surface area contributed by atoms with Gasteiger partial charge in [-0.1, -0.05) is 6.07 Å². The Kier molecular flexibility index (Phi) is 5.98. The Hall–Kier alpha value is -1.57. The second kappa shape index (κ2) is 8.21. The first-order chi connectivity index (χ1) is 12.0. The highest BCUT2D eigenvalue weighted by Gasteiger charge is 2.26. The zero-order valence-corrected chi connectivity index (χ0v) is 15.0. The topological polar surface area (TPSA) is 55.0 Å². The van der Waals surface area contributed by atoms with Crippen molar-refractivity contribution < 1.29 is 8.78 Å². The van der Waals surface area contributed by atoms with Crippen molar-refractivity contribution in [2.45, 2.75) is 37.1 Å². The molecule has 2 heterocycles. The van der Waals surface area contributed by atoms with E-state index in [0.29, 0.717) is 23.5 Å². The van der Waals surface area contributed by atoms with Gasteiger partial charge in [0.05, 0.1) is 4.90 Å². The first-order valence-electron chi connectivity index (χ1n) is 8.41. The molecule has 0 spiro atoms. The maximum Gasteiger partial charge on any atom is 0.129 e. The molecule has 0 radical (unpaired) electrons. The average molecular weight is 364 g/mol. The second-order valence-corrected chi connectivity index (χ2v) is 7.66. The lowest BCUT2D eigenvalue weighted by Crippen LogP contribution is -2.39. The van der Waals surface area contributed by atoms with Gasteiger partial charge in [-0.25, -0.2) is 23.1 Å². The standard InChI is InChI=1S/C18H22F2N4S/c1-12-6-14(17(20)8-16(12)19)7-18(21)13-2-4-24(5-3-13)25-15-9-22-11-23-10-15/h6,8-11,13,18H,2-5,7,21H2,1H3/t18-/m1/s1. The highest BCUT2D eigenvalue weighted by Crippen LogP contribution is 2.29. The molecule has 0 saturated carbocycles. The number of aryl methyl sites for hydroxylation is 1. The molecule has 1 aliphatic rings. The van der Waals surface area contributed by atoms with E-state index in [1.54, 1.807) is 37.3 Å². The molecular weight excluding hydrogens is 342 g/mol. The van der Waals surface area contributed by atoms with Crippen LogP contribution in [0.5, 0.6) is 0 Å². The van der Waals surface area contributed by atoms with Crippen molar-refractivity contribution in [2.75, 3.05) is 13.1 Å². The summed E-state index contributed by atoms with van der Waals surface area (Å²) in [5.74, 6) is -0.672. The Morgan fingerprint density at radius 1 is 1.20 bits per heavy atom. The van der Waals surface area contributed by atoms with Crippen molar-refractivity contribution in [1.82, 2.24) is 14.3 Å². The minimum Gasteiger partial charge on any atom is -0.327 e. The minimum atomic E-state index is -0.509. The van der Waals surface area contributed by atoms with Crippen LogP contribution < -0.4 is 5.73 Å². The van der Waals surface area contributed by atoms with E-state index in [1.807, 2.05) is 0 Å². The van der Waals surface area contributed by atoms with E-state index in [0.717, 1.165) is 36.9 Å². The number of rotatable bonds is 5. The summed E-state index contributed by atoms with van der Waals surface area (Å²) in [6, 6.07) is 2.41. The lowest BCUT2D eigenvalue weighted by Gasteiger charge is -2.34. The Labute approximate surface area is 151 Å². The minimum absolute atomic E-state index is 0.119. The highest BCUT2D eigenvalue weighted by molar-refractivity contribution is 7.97. The fourth-order valence-electron chi connectivity index (χ4n) is 3.17. The molecule has 1 aliphatic heterocycles. The molecule has 2 aromatic rings. The fraction of sp³-hybridized carbons (Fsp3) is 0.444. The smallest absolute Gasteiger partial charge is 0.129 e. The molecule has 4 nitrogen and oxygen atoms in total. The van der Waals surface area contributed by atoms with Crippen LogP contribution in [-0.2, 0) is 6.42 Å². The number of halogens is 2. The van der Waals surface area contributed by atoms with Crippen LogP contribution in [-0.4, -0.2) is 33.4 Å². The largest absolute Gasteiger partial charge is 0.327 e. The van der Waals surface area contributed by atoms with Gasteiger partial charge in [-0.15, -0.1) is 0 Å². The summed E-state index contributed by atoms with van der Waals surface area (Å²) in [6.45, 7) is 3.48. The molecule has 0 amide bonds. The van der Waals surface area contributed by atoms with E-state index in [2.05, 4.69) is 14.3 Å². The third kappa shape index (κ3) is 4.74. The van der Waals surface area contributed by atoms with Crippen LogP contribution in [0.2, 0.25) is 0 Å². The SMILES string of the molecule is Cc1cc(C[C@@H](N)C2CCN(Sc3cncnc3)CC2)c(F)cc1F. The van der Waals surface area contributed by atoms with Crippen LogP contribution in [0.25, 0.3) is 0 Å². The predicted octanol–water partition coefficient (Wildman–Crippen LogP) is 3.35. The van der Waals surface area contributed by atoms with E-state index in [9.17, 15) is 8.78 Å². The van der Waals surface area contributed by atoms with Gasteiger partial charge in [0, 0.05) is 37.6 Å². The molecule has 1 fully saturated rings. The summed E-state index contributed by atoms with van der Waals surface area (Å²) in [4.78, 5) is 9.06. The molecule has 134 valence electrons. The Bertz CT molecular complexity index is 706. The van der Waals surface area contributed by atoms with E-state index >= 15 is 0 Å². The second-order valence-electron chi connectivity index (χ2n) is 6.49. The number of benzene rings is 1. The van der Waals surface area contributed by atoms with E-state index in [1.165, 1.54) is 6.33 Å². The number of hydrogen-bond donors (Lipinski definition) is 1. The van der Waals surface area contributed by atoms with Gasteiger partial charge in [0.15, 0.2) is 0 Å². The van der Waals surface area contributed by atoms with E-state index in [-0.39, 0.29) is 6.04 Å². The highest BCUT2D eigenvalue weighted by atomic mass is 32.2.